The van der Waals surface area contributed by atoms with Crippen LogP contribution in [0.2, 0.25) is 0 Å². The van der Waals surface area contributed by atoms with Crippen LogP contribution < -0.4 is 10.6 Å². The molecule has 4 amide bonds. The highest BCUT2D eigenvalue weighted by Crippen LogP contribution is 2.80. The smallest absolute Gasteiger partial charge is 0.302 e. The van der Waals surface area contributed by atoms with Crippen molar-refractivity contribution >= 4 is 29.6 Å². The molecule has 6 rings (SSSR count). The van der Waals surface area contributed by atoms with Gasteiger partial charge >= 0.3 is 5.97 Å². The van der Waals surface area contributed by atoms with E-state index in [0.717, 1.165) is 64.2 Å². The van der Waals surface area contributed by atoms with Crippen LogP contribution in [0.15, 0.2) is 12.2 Å². The molecule has 1 heterocycles. The van der Waals surface area contributed by atoms with Crippen molar-refractivity contribution in [2.45, 2.75) is 236 Å². The van der Waals surface area contributed by atoms with Gasteiger partial charge in [-0.15, -0.1) is 0 Å². The van der Waals surface area contributed by atoms with Gasteiger partial charge in [0.15, 0.2) is 0 Å². The minimum atomic E-state index is -0.756. The topological polar surface area (TPSA) is 147 Å². The number of rotatable bonds is 21. The van der Waals surface area contributed by atoms with Crippen molar-refractivity contribution in [1.82, 2.24) is 25.3 Å². The molecule has 2 N–H and O–H groups in total. The highest BCUT2D eigenvalue weighted by Gasteiger charge is 2.74. The number of hydrogen-bond donors (Lipinski definition) is 2. The minimum Gasteiger partial charge on any atom is -0.465 e. The molecule has 6 aliphatic rings. The third kappa shape index (κ3) is 11.0. The fraction of sp³-hybridized carbons (Fsp3) is 0.891. The van der Waals surface area contributed by atoms with Gasteiger partial charge in [-0.3, -0.25) is 28.9 Å². The normalized spacial score (nSPS) is 36.3. The number of allylic oxidation sites excluding steroid dienone is 1. The molecule has 4 unspecified atom stereocenters. The number of hydrogen-bond acceptors (Lipinski definition) is 9. The third-order valence-electron chi connectivity index (χ3n) is 24.2. The van der Waals surface area contributed by atoms with Gasteiger partial charge in [0.2, 0.25) is 23.6 Å². The first-order chi connectivity index (χ1) is 35.8. The lowest BCUT2D eigenvalue weighted by Gasteiger charge is -2.76. The van der Waals surface area contributed by atoms with Crippen molar-refractivity contribution in [2.24, 2.45) is 79.8 Å². The van der Waals surface area contributed by atoms with Gasteiger partial charge < -0.3 is 34.6 Å². The Balaban J connectivity index is 1.16. The predicted molar refractivity (Wildman–Crippen MR) is 307 cm³/mol. The van der Waals surface area contributed by atoms with E-state index in [9.17, 15) is 24.0 Å². The number of likely N-dealkylation sites (N-methyl/N-ethyl adjacent to an activating group) is 2. The van der Waals surface area contributed by atoms with E-state index in [1.807, 2.05) is 58.5 Å². The number of nitrogens with one attached hydrogen (secondary N) is 2. The van der Waals surface area contributed by atoms with Crippen LogP contribution in [0.25, 0.3) is 0 Å². The van der Waals surface area contributed by atoms with E-state index in [0.29, 0.717) is 36.8 Å². The fourth-order valence-electron chi connectivity index (χ4n) is 18.9. The van der Waals surface area contributed by atoms with Crippen LogP contribution in [-0.2, 0) is 38.2 Å². The second-order valence-electron chi connectivity index (χ2n) is 28.8. The number of carbonyl (C=O) groups excluding carboxylic acids is 5. The Bertz CT molecular complexity index is 2140. The monoisotopic (exact) mass is 1080 g/mol. The van der Waals surface area contributed by atoms with E-state index in [1.165, 1.54) is 24.8 Å². The zero-order valence-electron chi connectivity index (χ0n) is 52.3. The number of amides is 4. The highest BCUT2D eigenvalue weighted by molar-refractivity contribution is 5.90. The summed E-state index contributed by atoms with van der Waals surface area (Å²) >= 11 is 0. The summed E-state index contributed by atoms with van der Waals surface area (Å²) in [6.07, 6.45) is 12.4. The van der Waals surface area contributed by atoms with Crippen LogP contribution >= 0.6 is 0 Å². The molecule has 1 aliphatic heterocycles. The molecule has 18 atom stereocenters. The van der Waals surface area contributed by atoms with Gasteiger partial charge in [-0.1, -0.05) is 109 Å². The van der Waals surface area contributed by atoms with Gasteiger partial charge in [0.25, 0.3) is 0 Å². The fourth-order valence-corrected chi connectivity index (χ4v) is 18.9. The summed E-state index contributed by atoms with van der Waals surface area (Å²) in [5.41, 5.74) is 1.49. The molecule has 13 heteroatoms. The average Bonchev–Trinajstić information content (AvgIpc) is 4.00. The highest BCUT2D eigenvalue weighted by atomic mass is 16.5. The molecular formula is C64H111N5O8. The molecule has 5 saturated carbocycles. The summed E-state index contributed by atoms with van der Waals surface area (Å²) in [5, 5.41) is 6.75. The van der Waals surface area contributed by atoms with Crippen molar-refractivity contribution in [3.8, 4) is 0 Å². The Kier molecular flexibility index (Phi) is 19.5. The Morgan fingerprint density at radius 2 is 1.40 bits per heavy atom. The second kappa shape index (κ2) is 23.8. The molecule has 6 fully saturated rings. The maximum atomic E-state index is 14.8. The van der Waals surface area contributed by atoms with E-state index in [1.54, 1.807) is 33.1 Å². The van der Waals surface area contributed by atoms with Gasteiger partial charge in [-0.25, -0.2) is 0 Å². The van der Waals surface area contributed by atoms with Gasteiger partial charge in [0.05, 0.1) is 49.3 Å². The van der Waals surface area contributed by atoms with Crippen LogP contribution in [0.3, 0.4) is 0 Å². The van der Waals surface area contributed by atoms with Crippen molar-refractivity contribution in [2.75, 3.05) is 48.5 Å². The number of likely N-dealkylation sites (tertiary alicyclic amines) is 1. The van der Waals surface area contributed by atoms with Crippen molar-refractivity contribution in [3.05, 3.63) is 12.2 Å². The van der Waals surface area contributed by atoms with Gasteiger partial charge in [-0.2, -0.15) is 0 Å². The predicted octanol–water partition coefficient (Wildman–Crippen LogP) is 10.7. The molecule has 13 nitrogen and oxygen atoms in total. The first-order valence-corrected chi connectivity index (χ1v) is 30.5. The van der Waals surface area contributed by atoms with Crippen LogP contribution in [0, 0.1) is 79.8 Å². The van der Waals surface area contributed by atoms with Gasteiger partial charge in [0, 0.05) is 46.2 Å². The first kappa shape index (κ1) is 63.2. The van der Waals surface area contributed by atoms with Crippen molar-refractivity contribution in [1.29, 1.82) is 0 Å². The van der Waals surface area contributed by atoms with Crippen LogP contribution in [0.5, 0.6) is 0 Å². The first-order valence-electron chi connectivity index (χ1n) is 30.5. The van der Waals surface area contributed by atoms with Crippen LogP contribution in [0.1, 0.15) is 194 Å². The molecule has 77 heavy (non-hydrogen) atoms. The number of esters is 1. The molecular weight excluding hydrogens is 967 g/mol. The number of carbonyl (C=O) groups is 5. The zero-order chi connectivity index (χ0) is 57.7. The van der Waals surface area contributed by atoms with E-state index in [2.05, 4.69) is 79.5 Å². The SMILES string of the molecule is C=C(C)[C@@H]1CC[C@]2(COC(C)=O)CC[C@]3(C)C(CCC4[C@@]5(C)CC[C@H](NC(=O)[C@H](C)[C@@H](OC)C6CCCN6C(=O)C[C@@H](OC)[C@H]([C@@H](C)CC)N(C)C(=O)C(NC(=O)[C@H](C(C)C)N(C)C)C(C)C)C(C)(C)[C@]5(C)CC[C@]43C)[C@@H]12. The minimum absolute atomic E-state index is 0.0128. The number of fused-ring (bicyclic) bond motifs is 7. The van der Waals surface area contributed by atoms with Crippen LogP contribution in [-0.4, -0.2) is 135 Å². The Morgan fingerprint density at radius 1 is 0.753 bits per heavy atom. The standard InChI is InChI=1S/C64H111N5O8/c1-22-41(8)54(68(19)58(74)52(39(4)5)66-57(73)53(40(6)7)67(17)18)47(75-20)36-50(71)69-35-23-24-46(69)55(76-21)42(9)56(72)65-49-28-29-62(15)48-26-25-45-51-44(38(2)3)27-30-64(51,37-77-43(10)70)34-32-60(45,13)61(48,14)31-33-63(62,16)59(49,11)12/h39-42,44-49,51-55H,2,22-37H2,1,3-21H3,(H,65,72)(H,66,73)/t41-,42+,44-,45?,46?,47+,48?,49-,51+,52?,53-,54-,55+,60+,61+,62+,63-,64+/m0/s1. The van der Waals surface area contributed by atoms with Gasteiger partial charge in [-0.05, 0) is 167 Å². The summed E-state index contributed by atoms with van der Waals surface area (Å²) in [7, 11) is 8.81. The molecule has 5 aliphatic carbocycles. The summed E-state index contributed by atoms with van der Waals surface area (Å²) in [6, 6.07) is -1.91. The lowest BCUT2D eigenvalue weighted by atomic mass is 9.29. The van der Waals surface area contributed by atoms with Crippen LogP contribution in [0.4, 0.5) is 0 Å². The summed E-state index contributed by atoms with van der Waals surface area (Å²) in [6.45, 7) is 38.8. The Labute approximate surface area is 468 Å². The molecule has 0 spiro atoms. The van der Waals surface area contributed by atoms with Crippen molar-refractivity contribution in [3.63, 3.8) is 0 Å². The maximum Gasteiger partial charge on any atom is 0.302 e. The van der Waals surface area contributed by atoms with E-state index in [-0.39, 0.29) is 98.3 Å². The summed E-state index contributed by atoms with van der Waals surface area (Å²) in [4.78, 5) is 75.5. The average molecular weight is 1080 g/mol. The number of methoxy groups -OCH3 is 2. The molecule has 0 radical (unpaired) electrons. The van der Waals surface area contributed by atoms with E-state index >= 15 is 0 Å². The molecule has 0 aromatic rings. The third-order valence-corrected chi connectivity index (χ3v) is 24.2. The maximum absolute atomic E-state index is 14.8. The summed E-state index contributed by atoms with van der Waals surface area (Å²) < 4.78 is 18.4. The number of nitrogens with zero attached hydrogens (tertiary/aromatic N) is 3. The largest absolute Gasteiger partial charge is 0.465 e. The quantitative estimate of drug-likeness (QED) is 0.0847. The van der Waals surface area contributed by atoms with E-state index < -0.39 is 36.3 Å². The summed E-state index contributed by atoms with van der Waals surface area (Å²) in [5.74, 6) is 0.741. The molecule has 0 aromatic heterocycles. The Morgan fingerprint density at radius 3 is 1.96 bits per heavy atom. The number of ether oxygens (including phenoxy) is 3. The molecule has 0 bridgehead atoms. The lowest BCUT2D eigenvalue weighted by molar-refractivity contribution is -0.270. The molecule has 0 aromatic carbocycles. The lowest BCUT2D eigenvalue weighted by Crippen LogP contribution is -2.71. The second-order valence-corrected chi connectivity index (χ2v) is 28.8. The molecule has 1 saturated heterocycles. The van der Waals surface area contributed by atoms with Gasteiger partial charge in [0.1, 0.15) is 6.04 Å². The zero-order valence-corrected chi connectivity index (χ0v) is 52.3. The van der Waals surface area contributed by atoms with Crippen molar-refractivity contribution < 1.29 is 38.2 Å². The van der Waals surface area contributed by atoms with E-state index in [4.69, 9.17) is 14.2 Å². The Hall–Kier alpha value is -3.03. The molecule has 440 valence electrons.